The summed E-state index contributed by atoms with van der Waals surface area (Å²) in [5.74, 6) is 0. The van der Waals surface area contributed by atoms with Crippen LogP contribution >= 0.6 is 0 Å². The van der Waals surface area contributed by atoms with Crippen molar-refractivity contribution in [2.24, 2.45) is 5.41 Å². The Bertz CT molecular complexity index is 661. The molecular formula is C18H30N2O3S. The summed E-state index contributed by atoms with van der Waals surface area (Å²) in [5, 5.41) is 3.33. The molecule has 0 radical (unpaired) electrons. The summed E-state index contributed by atoms with van der Waals surface area (Å²) in [4.78, 5) is 0.432. The molecule has 0 amide bonds. The molecule has 1 fully saturated rings. The van der Waals surface area contributed by atoms with Crippen molar-refractivity contribution >= 4 is 10.0 Å². The summed E-state index contributed by atoms with van der Waals surface area (Å²) >= 11 is 0. The van der Waals surface area contributed by atoms with E-state index in [1.807, 2.05) is 33.8 Å². The van der Waals surface area contributed by atoms with Gasteiger partial charge in [-0.15, -0.1) is 0 Å². The Morgan fingerprint density at radius 1 is 1.12 bits per heavy atom. The number of ether oxygens (including phenoxy) is 1. The van der Waals surface area contributed by atoms with Crippen molar-refractivity contribution in [3.63, 3.8) is 0 Å². The summed E-state index contributed by atoms with van der Waals surface area (Å²) < 4.78 is 34.2. The van der Waals surface area contributed by atoms with E-state index in [2.05, 4.69) is 10.0 Å². The van der Waals surface area contributed by atoms with E-state index in [1.54, 1.807) is 7.11 Å². The van der Waals surface area contributed by atoms with Crippen molar-refractivity contribution in [1.29, 1.82) is 0 Å². The highest BCUT2D eigenvalue weighted by molar-refractivity contribution is 7.89. The van der Waals surface area contributed by atoms with Crippen molar-refractivity contribution < 1.29 is 13.2 Å². The van der Waals surface area contributed by atoms with E-state index in [0.29, 0.717) is 18.0 Å². The Balaban J connectivity index is 2.29. The summed E-state index contributed by atoms with van der Waals surface area (Å²) in [6.45, 7) is 10.5. The van der Waals surface area contributed by atoms with Gasteiger partial charge < -0.3 is 10.1 Å². The molecule has 1 aliphatic rings. The number of piperidine rings is 1. The Kier molecular flexibility index (Phi) is 6.07. The Labute approximate surface area is 146 Å². The Morgan fingerprint density at radius 3 is 2.17 bits per heavy atom. The molecule has 24 heavy (non-hydrogen) atoms. The van der Waals surface area contributed by atoms with E-state index in [4.69, 9.17) is 4.74 Å². The van der Waals surface area contributed by atoms with E-state index in [9.17, 15) is 8.42 Å². The first-order chi connectivity index (χ1) is 11.2. The third kappa shape index (κ3) is 3.99. The molecule has 1 saturated heterocycles. The monoisotopic (exact) mass is 354 g/mol. The minimum atomic E-state index is -3.55. The molecule has 5 nitrogen and oxygen atoms in total. The van der Waals surface area contributed by atoms with Gasteiger partial charge in [-0.1, -0.05) is 6.07 Å². The van der Waals surface area contributed by atoms with Gasteiger partial charge in [0, 0.05) is 19.1 Å². The zero-order valence-electron chi connectivity index (χ0n) is 15.5. The molecule has 1 aliphatic heterocycles. The second kappa shape index (κ2) is 7.52. The molecule has 1 aromatic carbocycles. The highest BCUT2D eigenvalue weighted by atomic mass is 32.2. The van der Waals surface area contributed by atoms with Crippen molar-refractivity contribution in [1.82, 2.24) is 10.0 Å². The van der Waals surface area contributed by atoms with E-state index >= 15 is 0 Å². The summed E-state index contributed by atoms with van der Waals surface area (Å²) in [6.07, 6.45) is 1.82. The van der Waals surface area contributed by atoms with E-state index in [-0.39, 0.29) is 5.41 Å². The molecule has 0 atom stereocenters. The molecular weight excluding hydrogens is 324 g/mol. The lowest BCUT2D eigenvalue weighted by atomic mass is 9.80. The molecule has 136 valence electrons. The van der Waals surface area contributed by atoms with Gasteiger partial charge in [-0.2, -0.15) is 0 Å². The number of hydrogen-bond donors (Lipinski definition) is 2. The minimum absolute atomic E-state index is 0.131. The van der Waals surface area contributed by atoms with Crippen molar-refractivity contribution in [2.45, 2.75) is 45.4 Å². The molecule has 0 aliphatic carbocycles. The molecule has 0 aromatic heterocycles. The quantitative estimate of drug-likeness (QED) is 0.822. The van der Waals surface area contributed by atoms with Crippen LogP contribution in [-0.2, 0) is 14.8 Å². The maximum absolute atomic E-state index is 13.0. The van der Waals surface area contributed by atoms with Gasteiger partial charge in [0.2, 0.25) is 10.0 Å². The van der Waals surface area contributed by atoms with Crippen LogP contribution in [0.5, 0.6) is 0 Å². The van der Waals surface area contributed by atoms with Crippen LogP contribution < -0.4 is 10.0 Å². The topological polar surface area (TPSA) is 67.4 Å². The van der Waals surface area contributed by atoms with Gasteiger partial charge in [0.05, 0.1) is 11.5 Å². The third-order valence-electron chi connectivity index (χ3n) is 5.32. The minimum Gasteiger partial charge on any atom is -0.384 e. The SMILES string of the molecule is COCC1(CNS(=O)(=O)c2c(C)c(C)cc(C)c2C)CCNCC1. The second-order valence-electron chi connectivity index (χ2n) is 7.10. The standard InChI is InChI=1S/C18H30N2O3S/c1-13-10-14(2)16(4)17(15(13)3)24(21,22)20-11-18(12-23-5)6-8-19-9-7-18/h10,19-20H,6-9,11-12H2,1-5H3. The highest BCUT2D eigenvalue weighted by Crippen LogP contribution is 2.30. The van der Waals surface area contributed by atoms with Crippen LogP contribution in [0.1, 0.15) is 35.1 Å². The van der Waals surface area contributed by atoms with E-state index in [0.717, 1.165) is 48.2 Å². The predicted octanol–water partition coefficient (Wildman–Crippen LogP) is 2.21. The van der Waals surface area contributed by atoms with Gasteiger partial charge in [-0.25, -0.2) is 13.1 Å². The van der Waals surface area contributed by atoms with Crippen LogP contribution in [-0.4, -0.2) is 41.8 Å². The number of hydrogen-bond acceptors (Lipinski definition) is 4. The number of aryl methyl sites for hydroxylation is 2. The van der Waals surface area contributed by atoms with Crippen LogP contribution in [0.2, 0.25) is 0 Å². The zero-order chi connectivity index (χ0) is 18.0. The molecule has 2 rings (SSSR count). The van der Waals surface area contributed by atoms with Gasteiger partial charge in [-0.05, 0) is 75.9 Å². The first kappa shape index (κ1) is 19.4. The van der Waals surface area contributed by atoms with E-state index < -0.39 is 10.0 Å². The number of benzene rings is 1. The Morgan fingerprint density at radius 2 is 1.67 bits per heavy atom. The highest BCUT2D eigenvalue weighted by Gasteiger charge is 2.34. The number of rotatable bonds is 6. The van der Waals surface area contributed by atoms with Crippen molar-refractivity contribution in [3.8, 4) is 0 Å². The van der Waals surface area contributed by atoms with E-state index in [1.165, 1.54) is 0 Å². The Hall–Kier alpha value is -0.950. The van der Waals surface area contributed by atoms with Crippen molar-refractivity contribution in [2.75, 3.05) is 33.4 Å². The zero-order valence-corrected chi connectivity index (χ0v) is 16.3. The van der Waals surface area contributed by atoms with Gasteiger partial charge in [0.25, 0.3) is 0 Å². The molecule has 1 aromatic rings. The lowest BCUT2D eigenvalue weighted by Gasteiger charge is -2.37. The van der Waals surface area contributed by atoms with Gasteiger partial charge >= 0.3 is 0 Å². The molecule has 1 heterocycles. The molecule has 6 heteroatoms. The van der Waals surface area contributed by atoms with Crippen LogP contribution in [0.25, 0.3) is 0 Å². The fraction of sp³-hybridized carbons (Fsp3) is 0.667. The molecule has 0 saturated carbocycles. The molecule has 0 bridgehead atoms. The maximum atomic E-state index is 13.0. The summed E-state index contributed by atoms with van der Waals surface area (Å²) in [7, 11) is -1.87. The first-order valence-corrected chi connectivity index (χ1v) is 9.97. The largest absolute Gasteiger partial charge is 0.384 e. The van der Waals surface area contributed by atoms with Crippen molar-refractivity contribution in [3.05, 3.63) is 28.3 Å². The van der Waals surface area contributed by atoms with Gasteiger partial charge in [0.1, 0.15) is 0 Å². The predicted molar refractivity (Wildman–Crippen MR) is 97.0 cm³/mol. The van der Waals surface area contributed by atoms with Crippen LogP contribution in [0.15, 0.2) is 11.0 Å². The van der Waals surface area contributed by atoms with Gasteiger partial charge in [-0.3, -0.25) is 0 Å². The molecule has 0 spiro atoms. The molecule has 2 N–H and O–H groups in total. The third-order valence-corrected chi connectivity index (χ3v) is 6.99. The normalized spacial score (nSPS) is 17.9. The molecule has 0 unspecified atom stereocenters. The maximum Gasteiger partial charge on any atom is 0.241 e. The average molecular weight is 355 g/mol. The van der Waals surface area contributed by atoms with Crippen LogP contribution in [0.4, 0.5) is 0 Å². The van der Waals surface area contributed by atoms with Crippen LogP contribution in [0.3, 0.4) is 0 Å². The van der Waals surface area contributed by atoms with Crippen LogP contribution in [0, 0.1) is 33.1 Å². The first-order valence-electron chi connectivity index (χ1n) is 8.49. The second-order valence-corrected chi connectivity index (χ2v) is 8.80. The lowest BCUT2D eigenvalue weighted by Crippen LogP contribution is -2.47. The smallest absolute Gasteiger partial charge is 0.241 e. The fourth-order valence-electron chi connectivity index (χ4n) is 3.54. The number of nitrogens with one attached hydrogen (secondary N) is 2. The number of methoxy groups -OCH3 is 1. The summed E-state index contributed by atoms with van der Waals surface area (Å²) in [6, 6.07) is 2.04. The van der Waals surface area contributed by atoms with Gasteiger partial charge in [0.15, 0.2) is 0 Å². The number of sulfonamides is 1. The summed E-state index contributed by atoms with van der Waals surface area (Å²) in [5.41, 5.74) is 3.54. The lowest BCUT2D eigenvalue weighted by molar-refractivity contribution is 0.0577. The fourth-order valence-corrected chi connectivity index (χ4v) is 5.31. The average Bonchev–Trinajstić information content (AvgIpc) is 2.53.